The summed E-state index contributed by atoms with van der Waals surface area (Å²) in [6, 6.07) is 5.29. The van der Waals surface area contributed by atoms with Gasteiger partial charge in [-0.25, -0.2) is 4.39 Å². The molecule has 25 heavy (non-hydrogen) atoms. The van der Waals surface area contributed by atoms with Gasteiger partial charge in [0.1, 0.15) is 5.82 Å². The number of hydrogen-bond acceptors (Lipinski definition) is 7. The second-order valence-electron chi connectivity index (χ2n) is 4.78. The molecule has 0 atom stereocenters. The number of benzene rings is 1. The highest BCUT2D eigenvalue weighted by Gasteiger charge is 2.51. The molecule has 0 saturated heterocycles. The Morgan fingerprint density at radius 1 is 0.840 bits per heavy atom. The SMILES string of the molecule is CCOP(=O)(OCC)C(Nc1ccc(F)cc1)P(=O)(OCC)OCC. The third-order valence-corrected chi connectivity index (χ3v) is 8.60. The van der Waals surface area contributed by atoms with Crippen molar-refractivity contribution in [1.29, 1.82) is 0 Å². The topological polar surface area (TPSA) is 83.1 Å². The Morgan fingerprint density at radius 3 is 1.52 bits per heavy atom. The van der Waals surface area contributed by atoms with Crippen LogP contribution in [0, 0.1) is 5.82 Å². The highest BCUT2D eigenvalue weighted by Crippen LogP contribution is 2.70. The summed E-state index contributed by atoms with van der Waals surface area (Å²) in [5.41, 5.74) is -1.00. The van der Waals surface area contributed by atoms with E-state index in [1.807, 2.05) is 0 Å². The summed E-state index contributed by atoms with van der Waals surface area (Å²) in [4.78, 5) is 0. The molecule has 1 aromatic rings. The van der Waals surface area contributed by atoms with Crippen LogP contribution in [0.25, 0.3) is 0 Å². The first-order valence-corrected chi connectivity index (χ1v) is 11.4. The second-order valence-corrected chi connectivity index (χ2v) is 9.41. The first-order valence-electron chi connectivity index (χ1n) is 8.14. The van der Waals surface area contributed by atoms with Crippen LogP contribution in [0.2, 0.25) is 0 Å². The van der Waals surface area contributed by atoms with Gasteiger partial charge in [0.25, 0.3) is 0 Å². The van der Waals surface area contributed by atoms with E-state index in [4.69, 9.17) is 18.1 Å². The Balaban J connectivity index is 3.34. The van der Waals surface area contributed by atoms with E-state index in [-0.39, 0.29) is 26.4 Å². The smallest absolute Gasteiger partial charge is 0.362 e. The van der Waals surface area contributed by atoms with E-state index in [0.29, 0.717) is 5.69 Å². The van der Waals surface area contributed by atoms with Crippen LogP contribution < -0.4 is 5.32 Å². The van der Waals surface area contributed by atoms with Crippen molar-refractivity contribution < 1.29 is 31.6 Å². The molecule has 0 fully saturated rings. The van der Waals surface area contributed by atoms with E-state index in [1.165, 1.54) is 24.3 Å². The lowest BCUT2D eigenvalue weighted by atomic mass is 10.3. The molecule has 1 rings (SSSR count). The maximum atomic E-state index is 13.3. The van der Waals surface area contributed by atoms with E-state index >= 15 is 0 Å². The maximum Gasteiger partial charge on any atom is 0.365 e. The lowest BCUT2D eigenvalue weighted by molar-refractivity contribution is 0.198. The van der Waals surface area contributed by atoms with Gasteiger partial charge in [0, 0.05) is 5.69 Å². The molecule has 0 aromatic heterocycles. The first-order chi connectivity index (χ1) is 11.8. The van der Waals surface area contributed by atoms with Crippen molar-refractivity contribution in [3.8, 4) is 0 Å². The minimum Gasteiger partial charge on any atom is -0.362 e. The summed E-state index contributed by atoms with van der Waals surface area (Å²) >= 11 is 0. The molecule has 0 aliphatic heterocycles. The molecule has 1 aromatic carbocycles. The standard InChI is InChI=1S/C15H26FNO6P2/c1-5-20-24(18,21-6-2)15(25(19,22-7-3)23-8-4)17-14-11-9-13(16)10-12-14/h9-12,15,17H,5-8H2,1-4H3. The van der Waals surface area contributed by atoms with Gasteiger partial charge in [0.15, 0.2) is 0 Å². The van der Waals surface area contributed by atoms with Gasteiger partial charge >= 0.3 is 15.2 Å². The fourth-order valence-electron chi connectivity index (χ4n) is 2.10. The highest BCUT2D eigenvalue weighted by molar-refractivity contribution is 7.72. The lowest BCUT2D eigenvalue weighted by Gasteiger charge is -2.32. The predicted octanol–water partition coefficient (Wildman–Crippen LogP) is 5.05. The second kappa shape index (κ2) is 10.4. The minimum absolute atomic E-state index is 0.0805. The van der Waals surface area contributed by atoms with Gasteiger partial charge in [-0.15, -0.1) is 0 Å². The largest absolute Gasteiger partial charge is 0.365 e. The van der Waals surface area contributed by atoms with Crippen LogP contribution in [0.4, 0.5) is 10.1 Å². The van der Waals surface area contributed by atoms with Gasteiger partial charge in [-0.05, 0) is 52.0 Å². The molecule has 0 aliphatic carbocycles. The molecule has 10 heteroatoms. The van der Waals surface area contributed by atoms with Crippen molar-refractivity contribution in [2.24, 2.45) is 0 Å². The van der Waals surface area contributed by atoms with Crippen LogP contribution in [0.15, 0.2) is 24.3 Å². The summed E-state index contributed by atoms with van der Waals surface area (Å²) in [7, 11) is -7.81. The first kappa shape index (κ1) is 22.3. The lowest BCUT2D eigenvalue weighted by Crippen LogP contribution is -2.25. The molecule has 0 spiro atoms. The van der Waals surface area contributed by atoms with E-state index in [9.17, 15) is 13.5 Å². The van der Waals surface area contributed by atoms with Crippen LogP contribution in [-0.2, 0) is 27.2 Å². The number of anilines is 1. The van der Waals surface area contributed by atoms with Crippen LogP contribution in [0.5, 0.6) is 0 Å². The Labute approximate surface area is 148 Å². The zero-order valence-electron chi connectivity index (χ0n) is 14.9. The average Bonchev–Trinajstić information content (AvgIpc) is 2.55. The normalized spacial score (nSPS) is 12.6. The molecular weight excluding hydrogens is 371 g/mol. The van der Waals surface area contributed by atoms with Gasteiger partial charge in [0.05, 0.1) is 26.4 Å². The van der Waals surface area contributed by atoms with Gasteiger partial charge in [-0.1, -0.05) is 0 Å². The molecule has 0 bridgehead atoms. The zero-order valence-corrected chi connectivity index (χ0v) is 16.7. The van der Waals surface area contributed by atoms with Gasteiger partial charge in [-0.3, -0.25) is 9.13 Å². The Hall–Kier alpha value is -0.750. The van der Waals surface area contributed by atoms with Gasteiger partial charge in [-0.2, -0.15) is 0 Å². The minimum atomic E-state index is -3.91. The summed E-state index contributed by atoms with van der Waals surface area (Å²) < 4.78 is 61.0. The van der Waals surface area contributed by atoms with Gasteiger partial charge in [0.2, 0.25) is 5.52 Å². The molecule has 7 nitrogen and oxygen atoms in total. The van der Waals surface area contributed by atoms with Crippen LogP contribution >= 0.6 is 15.2 Å². The van der Waals surface area contributed by atoms with Gasteiger partial charge < -0.3 is 23.4 Å². The average molecular weight is 397 g/mol. The monoisotopic (exact) mass is 397 g/mol. The van der Waals surface area contributed by atoms with Crippen molar-refractivity contribution in [2.45, 2.75) is 33.2 Å². The molecule has 0 unspecified atom stereocenters. The number of nitrogens with one attached hydrogen (secondary N) is 1. The predicted molar refractivity (Wildman–Crippen MR) is 95.5 cm³/mol. The molecular formula is C15H26FNO6P2. The number of rotatable bonds is 12. The summed E-state index contributed by atoms with van der Waals surface area (Å²) in [5, 5.41) is 2.83. The van der Waals surface area contributed by atoms with Crippen LogP contribution in [0.3, 0.4) is 0 Å². The van der Waals surface area contributed by atoms with E-state index in [0.717, 1.165) is 0 Å². The summed E-state index contributed by atoms with van der Waals surface area (Å²) in [6.45, 7) is 6.90. The summed E-state index contributed by atoms with van der Waals surface area (Å²) in [5.74, 6) is -0.433. The number of hydrogen-bond donors (Lipinski definition) is 1. The van der Waals surface area contributed by atoms with Crippen molar-refractivity contribution in [2.75, 3.05) is 31.7 Å². The van der Waals surface area contributed by atoms with E-state index < -0.39 is 26.5 Å². The fraction of sp³-hybridized carbons (Fsp3) is 0.600. The molecule has 0 heterocycles. The Morgan fingerprint density at radius 2 is 1.20 bits per heavy atom. The molecule has 0 radical (unpaired) electrons. The van der Waals surface area contributed by atoms with Crippen LogP contribution in [-0.4, -0.2) is 32.0 Å². The van der Waals surface area contributed by atoms with Crippen LogP contribution in [0.1, 0.15) is 27.7 Å². The van der Waals surface area contributed by atoms with Crippen molar-refractivity contribution >= 4 is 20.9 Å². The quantitative estimate of drug-likeness (QED) is 0.494. The number of halogens is 1. The molecule has 1 N–H and O–H groups in total. The molecule has 0 amide bonds. The van der Waals surface area contributed by atoms with E-state index in [1.54, 1.807) is 27.7 Å². The highest BCUT2D eigenvalue weighted by atomic mass is 31.2. The Bertz CT molecular complexity index is 563. The Kier molecular flexibility index (Phi) is 9.28. The van der Waals surface area contributed by atoms with Crippen molar-refractivity contribution in [3.63, 3.8) is 0 Å². The van der Waals surface area contributed by atoms with E-state index in [2.05, 4.69) is 5.32 Å². The van der Waals surface area contributed by atoms with Crippen molar-refractivity contribution in [3.05, 3.63) is 30.1 Å². The van der Waals surface area contributed by atoms with Crippen molar-refractivity contribution in [1.82, 2.24) is 0 Å². The molecule has 0 aliphatic rings. The maximum absolute atomic E-state index is 13.3. The zero-order chi connectivity index (χ0) is 18.9. The molecule has 144 valence electrons. The molecule has 0 saturated carbocycles. The third-order valence-electron chi connectivity index (χ3n) is 2.98. The fourth-order valence-corrected chi connectivity index (χ4v) is 7.06. The summed E-state index contributed by atoms with van der Waals surface area (Å²) in [6.07, 6.45) is 0. The third kappa shape index (κ3) is 6.17.